The van der Waals surface area contributed by atoms with Gasteiger partial charge in [0.1, 0.15) is 0 Å². The Morgan fingerprint density at radius 2 is 2.50 bits per heavy atom. The molecule has 1 aromatic heterocycles. The van der Waals surface area contributed by atoms with Gasteiger partial charge in [0, 0.05) is 4.47 Å². The van der Waals surface area contributed by atoms with E-state index in [1.54, 1.807) is 0 Å². The zero-order valence-corrected chi connectivity index (χ0v) is 7.32. The van der Waals surface area contributed by atoms with Crippen molar-refractivity contribution < 1.29 is 5.21 Å². The fourth-order valence-corrected chi connectivity index (χ4v) is 1.99. The maximum absolute atomic E-state index is 8.28. The molecule has 0 saturated carbocycles. The van der Waals surface area contributed by atoms with E-state index in [9.17, 15) is 0 Å². The fourth-order valence-electron chi connectivity index (χ4n) is 0.522. The largest absolute Gasteiger partial charge is 0.409 e. The second-order valence-corrected chi connectivity index (χ2v) is 3.35. The van der Waals surface area contributed by atoms with Crippen molar-refractivity contribution >= 4 is 33.1 Å². The van der Waals surface area contributed by atoms with E-state index in [0.29, 0.717) is 0 Å². The summed E-state index contributed by atoms with van der Waals surface area (Å²) in [6.45, 7) is 0. The first kappa shape index (κ1) is 7.56. The summed E-state index contributed by atoms with van der Waals surface area (Å²) < 4.78 is 0.854. The number of oxime groups is 1. The minimum absolute atomic E-state index is 0.141. The normalized spacial score (nSPS) is 11.9. The number of hydrogen-bond acceptors (Lipinski definition) is 3. The monoisotopic (exact) mass is 220 g/mol. The van der Waals surface area contributed by atoms with Gasteiger partial charge in [-0.25, -0.2) is 0 Å². The summed E-state index contributed by atoms with van der Waals surface area (Å²) >= 11 is 4.67. The predicted octanol–water partition coefficient (Wildman–Crippen LogP) is 1.61. The number of nitrogens with zero attached hydrogens (tertiary/aromatic N) is 1. The Hall–Kier alpha value is -0.550. The second-order valence-electron chi connectivity index (χ2n) is 1.58. The fraction of sp³-hybridized carbons (Fsp3) is 0. The molecule has 5 heteroatoms. The molecular formula is C5H5BrN2OS. The number of halogens is 1. The van der Waals surface area contributed by atoms with Gasteiger partial charge in [0.05, 0.1) is 4.88 Å². The van der Waals surface area contributed by atoms with Crippen molar-refractivity contribution in [3.63, 3.8) is 0 Å². The van der Waals surface area contributed by atoms with E-state index >= 15 is 0 Å². The molecule has 1 rings (SSSR count). The average Bonchev–Trinajstić information content (AvgIpc) is 2.34. The van der Waals surface area contributed by atoms with Crippen molar-refractivity contribution in [3.8, 4) is 0 Å². The first-order valence-electron chi connectivity index (χ1n) is 2.46. The Balaban J connectivity index is 3.05. The van der Waals surface area contributed by atoms with Gasteiger partial charge in [0.25, 0.3) is 0 Å². The third kappa shape index (κ3) is 1.30. The van der Waals surface area contributed by atoms with Gasteiger partial charge in [-0.15, -0.1) is 11.3 Å². The van der Waals surface area contributed by atoms with Gasteiger partial charge in [0.15, 0.2) is 5.84 Å². The Labute approximate surface area is 70.3 Å². The number of nitrogens with two attached hydrogens (primary N) is 1. The van der Waals surface area contributed by atoms with E-state index < -0.39 is 0 Å². The predicted molar refractivity (Wildman–Crippen MR) is 44.5 cm³/mol. The Kier molecular flexibility index (Phi) is 2.29. The smallest absolute Gasteiger partial charge is 0.181 e. The van der Waals surface area contributed by atoms with Crippen LogP contribution in [0.25, 0.3) is 0 Å². The maximum atomic E-state index is 8.28. The highest BCUT2D eigenvalue weighted by Gasteiger charge is 2.04. The molecule has 0 aliphatic carbocycles. The molecule has 10 heavy (non-hydrogen) atoms. The highest BCUT2D eigenvalue weighted by atomic mass is 79.9. The lowest BCUT2D eigenvalue weighted by atomic mass is 10.4. The van der Waals surface area contributed by atoms with Gasteiger partial charge >= 0.3 is 0 Å². The van der Waals surface area contributed by atoms with Gasteiger partial charge in [-0.1, -0.05) is 5.16 Å². The summed E-state index contributed by atoms with van der Waals surface area (Å²) in [7, 11) is 0. The van der Waals surface area contributed by atoms with Gasteiger partial charge in [0.2, 0.25) is 0 Å². The van der Waals surface area contributed by atoms with Crippen LogP contribution in [-0.2, 0) is 0 Å². The Morgan fingerprint density at radius 3 is 2.90 bits per heavy atom. The van der Waals surface area contributed by atoms with Crippen molar-refractivity contribution in [2.75, 3.05) is 0 Å². The third-order valence-corrected chi connectivity index (χ3v) is 2.82. The summed E-state index contributed by atoms with van der Waals surface area (Å²) in [6.07, 6.45) is 0. The lowest BCUT2D eigenvalue weighted by Crippen LogP contribution is -2.11. The molecule has 1 heterocycles. The number of thiophene rings is 1. The highest BCUT2D eigenvalue weighted by molar-refractivity contribution is 9.10. The summed E-state index contributed by atoms with van der Waals surface area (Å²) in [5.74, 6) is 0.141. The highest BCUT2D eigenvalue weighted by Crippen LogP contribution is 2.21. The first-order chi connectivity index (χ1) is 4.75. The molecule has 0 aliphatic heterocycles. The van der Waals surface area contributed by atoms with Crippen LogP contribution in [0.15, 0.2) is 21.1 Å². The molecule has 54 valence electrons. The van der Waals surface area contributed by atoms with Crippen LogP contribution in [0.2, 0.25) is 0 Å². The molecule has 0 saturated heterocycles. The lowest BCUT2D eigenvalue weighted by molar-refractivity contribution is 0.319. The minimum Gasteiger partial charge on any atom is -0.409 e. The quantitative estimate of drug-likeness (QED) is 0.327. The SMILES string of the molecule is NC(=NO)c1sccc1Br. The van der Waals surface area contributed by atoms with Crippen molar-refractivity contribution in [2.45, 2.75) is 0 Å². The summed E-state index contributed by atoms with van der Waals surface area (Å²) in [6, 6.07) is 1.85. The molecular weight excluding hydrogens is 216 g/mol. The van der Waals surface area contributed by atoms with Crippen LogP contribution in [0.4, 0.5) is 0 Å². The molecule has 3 N–H and O–H groups in total. The zero-order chi connectivity index (χ0) is 7.56. The van der Waals surface area contributed by atoms with Crippen LogP contribution in [0.1, 0.15) is 4.88 Å². The minimum atomic E-state index is 0.141. The molecule has 0 bridgehead atoms. The van der Waals surface area contributed by atoms with E-state index in [-0.39, 0.29) is 5.84 Å². The van der Waals surface area contributed by atoms with E-state index in [1.165, 1.54) is 11.3 Å². The van der Waals surface area contributed by atoms with Gasteiger partial charge < -0.3 is 10.9 Å². The van der Waals surface area contributed by atoms with Gasteiger partial charge in [-0.2, -0.15) is 0 Å². The van der Waals surface area contributed by atoms with Crippen molar-refractivity contribution in [1.82, 2.24) is 0 Å². The van der Waals surface area contributed by atoms with E-state index in [2.05, 4.69) is 21.1 Å². The zero-order valence-electron chi connectivity index (χ0n) is 4.91. The van der Waals surface area contributed by atoms with Crippen LogP contribution >= 0.6 is 27.3 Å². The second kappa shape index (κ2) is 3.03. The van der Waals surface area contributed by atoms with Crippen molar-refractivity contribution in [1.29, 1.82) is 0 Å². The van der Waals surface area contributed by atoms with Gasteiger partial charge in [-0.3, -0.25) is 0 Å². The molecule has 0 aromatic carbocycles. The molecule has 0 aliphatic rings. The molecule has 0 unspecified atom stereocenters. The number of rotatable bonds is 1. The number of hydrogen-bond donors (Lipinski definition) is 2. The summed E-state index contributed by atoms with van der Waals surface area (Å²) in [4.78, 5) is 0.752. The summed E-state index contributed by atoms with van der Waals surface area (Å²) in [5.41, 5.74) is 5.32. The maximum Gasteiger partial charge on any atom is 0.181 e. The molecule has 0 fully saturated rings. The van der Waals surface area contributed by atoms with Crippen molar-refractivity contribution in [2.24, 2.45) is 10.9 Å². The summed E-state index contributed by atoms with van der Waals surface area (Å²) in [5, 5.41) is 13.0. The van der Waals surface area contributed by atoms with Gasteiger partial charge in [-0.05, 0) is 27.4 Å². The average molecular weight is 221 g/mol. The van der Waals surface area contributed by atoms with Crippen LogP contribution in [0.3, 0.4) is 0 Å². The molecule has 0 amide bonds. The molecule has 3 nitrogen and oxygen atoms in total. The van der Waals surface area contributed by atoms with Crippen LogP contribution in [0, 0.1) is 0 Å². The van der Waals surface area contributed by atoms with Crippen LogP contribution < -0.4 is 5.73 Å². The molecule has 0 atom stereocenters. The molecule has 0 spiro atoms. The number of amidine groups is 1. The third-order valence-electron chi connectivity index (χ3n) is 0.958. The molecule has 1 aromatic rings. The van der Waals surface area contributed by atoms with E-state index in [4.69, 9.17) is 10.9 Å². The van der Waals surface area contributed by atoms with Crippen molar-refractivity contribution in [3.05, 3.63) is 20.8 Å². The lowest BCUT2D eigenvalue weighted by Gasteiger charge is -1.91. The van der Waals surface area contributed by atoms with E-state index in [0.717, 1.165) is 9.35 Å². The first-order valence-corrected chi connectivity index (χ1v) is 4.14. The Morgan fingerprint density at radius 1 is 1.80 bits per heavy atom. The standard InChI is InChI=1S/C5H5BrN2OS/c6-3-1-2-10-4(3)5(7)8-9/h1-2,9H,(H2,7,8). The topological polar surface area (TPSA) is 58.6 Å². The Bertz CT molecular complexity index is 258. The molecule has 0 radical (unpaired) electrons. The van der Waals surface area contributed by atoms with E-state index in [1.807, 2.05) is 11.4 Å². The van der Waals surface area contributed by atoms with Crippen LogP contribution in [-0.4, -0.2) is 11.0 Å². The van der Waals surface area contributed by atoms with Crippen LogP contribution in [0.5, 0.6) is 0 Å².